The maximum atomic E-state index is 11.9. The van der Waals surface area contributed by atoms with E-state index in [0.29, 0.717) is 12.6 Å². The Balaban J connectivity index is 2.42. The van der Waals surface area contributed by atoms with Gasteiger partial charge in [-0.15, -0.1) is 0 Å². The highest BCUT2D eigenvalue weighted by molar-refractivity contribution is 5.80. The molecule has 0 spiro atoms. The molecule has 0 radical (unpaired) electrons. The number of nitrogens with two attached hydrogens (primary N) is 1. The molecule has 1 heterocycles. The fraction of sp³-hybridized carbons (Fsp3) is 0.917. The average molecular weight is 243 g/mol. The summed E-state index contributed by atoms with van der Waals surface area (Å²) in [5.74, 6) is 0.0907. The van der Waals surface area contributed by atoms with E-state index in [0.717, 1.165) is 32.6 Å². The Morgan fingerprint density at radius 1 is 1.35 bits per heavy atom. The van der Waals surface area contributed by atoms with Crippen LogP contribution >= 0.6 is 0 Å². The summed E-state index contributed by atoms with van der Waals surface area (Å²) >= 11 is 0. The summed E-state index contributed by atoms with van der Waals surface area (Å²) in [6.45, 7) is 8.03. The second-order valence-electron chi connectivity index (χ2n) is 4.54. The zero-order valence-electron chi connectivity index (χ0n) is 11.2. The minimum Gasteiger partial charge on any atom is -0.372 e. The van der Waals surface area contributed by atoms with E-state index in [1.807, 2.05) is 4.90 Å². The summed E-state index contributed by atoms with van der Waals surface area (Å²) in [5.41, 5.74) is 5.74. The molecule has 1 fully saturated rings. The molecule has 5 nitrogen and oxygen atoms in total. The highest BCUT2D eigenvalue weighted by Crippen LogP contribution is 2.10. The SMILES string of the molecule is CCC(CN)N1CCN(C(=O)C(C)OC)CC1. The third-order valence-corrected chi connectivity index (χ3v) is 3.59. The van der Waals surface area contributed by atoms with Crippen LogP contribution < -0.4 is 5.73 Å². The Hall–Kier alpha value is -0.650. The number of amides is 1. The van der Waals surface area contributed by atoms with Crippen molar-refractivity contribution in [2.75, 3.05) is 39.8 Å². The zero-order valence-corrected chi connectivity index (χ0v) is 11.2. The van der Waals surface area contributed by atoms with Crippen molar-refractivity contribution in [3.63, 3.8) is 0 Å². The Labute approximate surface area is 104 Å². The van der Waals surface area contributed by atoms with Gasteiger partial charge in [0, 0.05) is 45.9 Å². The van der Waals surface area contributed by atoms with E-state index in [1.165, 1.54) is 0 Å². The van der Waals surface area contributed by atoms with Crippen LogP contribution in [0.5, 0.6) is 0 Å². The van der Waals surface area contributed by atoms with Gasteiger partial charge in [0.2, 0.25) is 0 Å². The fourth-order valence-electron chi connectivity index (χ4n) is 2.24. The highest BCUT2D eigenvalue weighted by atomic mass is 16.5. The van der Waals surface area contributed by atoms with Gasteiger partial charge in [-0.3, -0.25) is 9.69 Å². The van der Waals surface area contributed by atoms with Gasteiger partial charge in [0.15, 0.2) is 0 Å². The first-order valence-corrected chi connectivity index (χ1v) is 6.39. The zero-order chi connectivity index (χ0) is 12.8. The van der Waals surface area contributed by atoms with Crippen molar-refractivity contribution < 1.29 is 9.53 Å². The van der Waals surface area contributed by atoms with Crippen LogP contribution in [0.3, 0.4) is 0 Å². The maximum Gasteiger partial charge on any atom is 0.251 e. The van der Waals surface area contributed by atoms with Crippen molar-refractivity contribution in [2.45, 2.75) is 32.4 Å². The molecular formula is C12H25N3O2. The molecule has 0 aromatic rings. The predicted molar refractivity (Wildman–Crippen MR) is 67.8 cm³/mol. The van der Waals surface area contributed by atoms with Crippen LogP contribution in [0.15, 0.2) is 0 Å². The lowest BCUT2D eigenvalue weighted by Crippen LogP contribution is -2.55. The van der Waals surface area contributed by atoms with Gasteiger partial charge >= 0.3 is 0 Å². The minimum atomic E-state index is -0.335. The van der Waals surface area contributed by atoms with E-state index in [1.54, 1.807) is 14.0 Å². The molecular weight excluding hydrogens is 218 g/mol. The number of carbonyl (C=O) groups excluding carboxylic acids is 1. The smallest absolute Gasteiger partial charge is 0.251 e. The van der Waals surface area contributed by atoms with E-state index in [9.17, 15) is 4.79 Å². The number of hydrogen-bond acceptors (Lipinski definition) is 4. The largest absolute Gasteiger partial charge is 0.372 e. The molecule has 1 aliphatic rings. The lowest BCUT2D eigenvalue weighted by atomic mass is 10.1. The first-order valence-electron chi connectivity index (χ1n) is 6.39. The van der Waals surface area contributed by atoms with E-state index in [4.69, 9.17) is 10.5 Å². The average Bonchev–Trinajstić information content (AvgIpc) is 2.39. The Morgan fingerprint density at radius 2 is 1.94 bits per heavy atom. The maximum absolute atomic E-state index is 11.9. The molecule has 1 aliphatic heterocycles. The van der Waals surface area contributed by atoms with Gasteiger partial charge in [-0.05, 0) is 13.3 Å². The molecule has 0 aromatic carbocycles. The molecule has 2 unspecified atom stereocenters. The summed E-state index contributed by atoms with van der Waals surface area (Å²) in [7, 11) is 1.57. The summed E-state index contributed by atoms with van der Waals surface area (Å²) in [5, 5.41) is 0. The van der Waals surface area contributed by atoms with Crippen LogP contribution in [0.2, 0.25) is 0 Å². The van der Waals surface area contributed by atoms with Crippen LogP contribution in [-0.2, 0) is 9.53 Å². The molecule has 100 valence electrons. The van der Waals surface area contributed by atoms with Gasteiger partial charge in [0.1, 0.15) is 6.10 Å². The Kier molecular flexibility index (Phi) is 5.88. The van der Waals surface area contributed by atoms with Crippen LogP contribution in [0, 0.1) is 0 Å². The lowest BCUT2D eigenvalue weighted by molar-refractivity contribution is -0.143. The normalized spacial score (nSPS) is 21.3. The fourth-order valence-corrected chi connectivity index (χ4v) is 2.24. The molecule has 2 atom stereocenters. The lowest BCUT2D eigenvalue weighted by Gasteiger charge is -2.39. The number of rotatable bonds is 5. The van der Waals surface area contributed by atoms with Crippen molar-refractivity contribution in [1.29, 1.82) is 0 Å². The predicted octanol–water partition coefficient (Wildman–Crippen LogP) is -0.0972. The van der Waals surface area contributed by atoms with Crippen LogP contribution in [0.1, 0.15) is 20.3 Å². The molecule has 1 amide bonds. The number of hydrogen-bond donors (Lipinski definition) is 1. The van der Waals surface area contributed by atoms with Gasteiger partial charge in [0.05, 0.1) is 0 Å². The second-order valence-corrected chi connectivity index (χ2v) is 4.54. The minimum absolute atomic E-state index is 0.0907. The van der Waals surface area contributed by atoms with Crippen molar-refractivity contribution in [2.24, 2.45) is 5.73 Å². The third kappa shape index (κ3) is 3.66. The Bertz CT molecular complexity index is 236. The number of methoxy groups -OCH3 is 1. The van der Waals surface area contributed by atoms with Gasteiger partial charge < -0.3 is 15.4 Å². The van der Waals surface area contributed by atoms with E-state index in [2.05, 4.69) is 11.8 Å². The Morgan fingerprint density at radius 3 is 2.35 bits per heavy atom. The molecule has 5 heteroatoms. The van der Waals surface area contributed by atoms with Gasteiger partial charge in [-0.2, -0.15) is 0 Å². The van der Waals surface area contributed by atoms with Crippen molar-refractivity contribution >= 4 is 5.91 Å². The van der Waals surface area contributed by atoms with E-state index in [-0.39, 0.29) is 12.0 Å². The number of carbonyl (C=O) groups is 1. The third-order valence-electron chi connectivity index (χ3n) is 3.59. The monoisotopic (exact) mass is 243 g/mol. The summed E-state index contributed by atoms with van der Waals surface area (Å²) in [6.07, 6.45) is 0.733. The molecule has 1 saturated heterocycles. The number of piperazine rings is 1. The van der Waals surface area contributed by atoms with E-state index >= 15 is 0 Å². The van der Waals surface area contributed by atoms with Crippen molar-refractivity contribution in [3.8, 4) is 0 Å². The number of ether oxygens (including phenoxy) is 1. The van der Waals surface area contributed by atoms with Gasteiger partial charge in [-0.25, -0.2) is 0 Å². The summed E-state index contributed by atoms with van der Waals surface area (Å²) in [6, 6.07) is 0.451. The topological polar surface area (TPSA) is 58.8 Å². The second kappa shape index (κ2) is 6.93. The van der Waals surface area contributed by atoms with Gasteiger partial charge in [-0.1, -0.05) is 6.92 Å². The molecule has 0 aromatic heterocycles. The standard InChI is InChI=1S/C12H25N3O2/c1-4-11(9-13)14-5-7-15(8-6-14)12(16)10(2)17-3/h10-11H,4-9,13H2,1-3H3. The van der Waals surface area contributed by atoms with E-state index < -0.39 is 0 Å². The molecule has 17 heavy (non-hydrogen) atoms. The molecule has 1 rings (SSSR count). The van der Waals surface area contributed by atoms with Crippen molar-refractivity contribution in [1.82, 2.24) is 9.80 Å². The van der Waals surface area contributed by atoms with Gasteiger partial charge in [0.25, 0.3) is 5.91 Å². The molecule has 0 bridgehead atoms. The van der Waals surface area contributed by atoms with Crippen molar-refractivity contribution in [3.05, 3.63) is 0 Å². The summed E-state index contributed by atoms with van der Waals surface area (Å²) in [4.78, 5) is 16.2. The van der Waals surface area contributed by atoms with Crippen LogP contribution in [-0.4, -0.2) is 67.7 Å². The quantitative estimate of drug-likeness (QED) is 0.733. The first kappa shape index (κ1) is 14.4. The highest BCUT2D eigenvalue weighted by Gasteiger charge is 2.26. The molecule has 0 aliphatic carbocycles. The number of nitrogens with zero attached hydrogens (tertiary/aromatic N) is 2. The molecule has 0 saturated carbocycles. The first-order chi connectivity index (χ1) is 8.13. The van der Waals surface area contributed by atoms with Crippen LogP contribution in [0.4, 0.5) is 0 Å². The summed E-state index contributed by atoms with van der Waals surface area (Å²) < 4.78 is 5.06. The molecule has 2 N–H and O–H groups in total. The van der Waals surface area contributed by atoms with Crippen LogP contribution in [0.25, 0.3) is 0 Å².